The maximum absolute atomic E-state index is 12.3. The quantitative estimate of drug-likeness (QED) is 0.720. The molecule has 0 saturated heterocycles. The minimum absolute atomic E-state index is 0.0242. The minimum atomic E-state index is -3.70. The number of ether oxygens (including phenoxy) is 1. The zero-order chi connectivity index (χ0) is 20.8. The standard InChI is InChI=1S/C21H24N2O4S/c1-21(2,3)18-8-10-19(11-9-18)28(25,26)23-13-12-20(24)27-15-17-7-5-4-6-16(17)14-22/h4-11,23H,12-13,15H2,1-3H3. The van der Waals surface area contributed by atoms with E-state index in [1.165, 1.54) is 0 Å². The first kappa shape index (κ1) is 21.6. The second kappa shape index (κ2) is 9.00. The Morgan fingerprint density at radius 2 is 1.75 bits per heavy atom. The fourth-order valence-corrected chi connectivity index (χ4v) is 3.52. The lowest BCUT2D eigenvalue weighted by molar-refractivity contribution is -0.144. The maximum Gasteiger partial charge on any atom is 0.307 e. The number of esters is 1. The van der Waals surface area contributed by atoms with E-state index >= 15 is 0 Å². The van der Waals surface area contributed by atoms with E-state index in [2.05, 4.69) is 25.5 Å². The number of benzene rings is 2. The largest absolute Gasteiger partial charge is 0.461 e. The van der Waals surface area contributed by atoms with Gasteiger partial charge >= 0.3 is 5.97 Å². The molecule has 0 aromatic heterocycles. The van der Waals surface area contributed by atoms with Gasteiger partial charge in [-0.2, -0.15) is 5.26 Å². The van der Waals surface area contributed by atoms with Gasteiger partial charge in [-0.1, -0.05) is 51.1 Å². The van der Waals surface area contributed by atoms with E-state index in [9.17, 15) is 13.2 Å². The summed E-state index contributed by atoms with van der Waals surface area (Å²) in [5, 5.41) is 9.02. The SMILES string of the molecule is CC(C)(C)c1ccc(S(=O)(=O)NCCC(=O)OCc2ccccc2C#N)cc1. The molecule has 0 fully saturated rings. The number of carbonyl (C=O) groups excluding carboxylic acids is 1. The van der Waals surface area contributed by atoms with Crippen molar-refractivity contribution < 1.29 is 17.9 Å². The lowest BCUT2D eigenvalue weighted by atomic mass is 9.87. The maximum atomic E-state index is 12.3. The Hall–Kier alpha value is -2.69. The topological polar surface area (TPSA) is 96.3 Å². The molecule has 0 bridgehead atoms. The zero-order valence-electron chi connectivity index (χ0n) is 16.2. The Bertz CT molecular complexity index is 969. The van der Waals surface area contributed by atoms with Crippen LogP contribution in [0.15, 0.2) is 53.4 Å². The monoisotopic (exact) mass is 400 g/mol. The van der Waals surface area contributed by atoms with Crippen LogP contribution in [-0.2, 0) is 31.6 Å². The Labute approximate surface area is 166 Å². The highest BCUT2D eigenvalue weighted by atomic mass is 32.2. The van der Waals surface area contributed by atoms with Crippen molar-refractivity contribution in [1.29, 1.82) is 5.26 Å². The van der Waals surface area contributed by atoms with Gasteiger partial charge in [0.25, 0.3) is 0 Å². The van der Waals surface area contributed by atoms with Crippen molar-refractivity contribution in [1.82, 2.24) is 4.72 Å². The van der Waals surface area contributed by atoms with E-state index in [0.29, 0.717) is 11.1 Å². The summed E-state index contributed by atoms with van der Waals surface area (Å²) in [5.41, 5.74) is 2.02. The smallest absolute Gasteiger partial charge is 0.307 e. The van der Waals surface area contributed by atoms with Gasteiger partial charge in [0, 0.05) is 12.1 Å². The molecule has 2 aromatic rings. The summed E-state index contributed by atoms with van der Waals surface area (Å²) in [7, 11) is -3.70. The molecule has 1 N–H and O–H groups in total. The number of nitrogens with one attached hydrogen (secondary N) is 1. The van der Waals surface area contributed by atoms with Crippen molar-refractivity contribution in [2.75, 3.05) is 6.54 Å². The first-order valence-corrected chi connectivity index (χ1v) is 10.4. The molecule has 2 aromatic carbocycles. The number of nitriles is 1. The predicted octanol–water partition coefficient (Wildman–Crippen LogP) is 3.27. The predicted molar refractivity (Wildman–Crippen MR) is 106 cm³/mol. The highest BCUT2D eigenvalue weighted by Crippen LogP contribution is 2.23. The van der Waals surface area contributed by atoms with E-state index in [1.54, 1.807) is 48.5 Å². The van der Waals surface area contributed by atoms with Crippen LogP contribution in [-0.4, -0.2) is 20.9 Å². The summed E-state index contributed by atoms with van der Waals surface area (Å²) >= 11 is 0. The molecule has 0 spiro atoms. The van der Waals surface area contributed by atoms with Crippen molar-refractivity contribution in [3.05, 3.63) is 65.2 Å². The van der Waals surface area contributed by atoms with Gasteiger partial charge in [-0.05, 0) is 29.2 Å². The molecule has 6 nitrogen and oxygen atoms in total. The number of carbonyl (C=O) groups is 1. The van der Waals surface area contributed by atoms with Crippen molar-refractivity contribution >= 4 is 16.0 Å². The van der Waals surface area contributed by atoms with Crippen LogP contribution in [0, 0.1) is 11.3 Å². The Morgan fingerprint density at radius 3 is 2.36 bits per heavy atom. The Kier molecular flexibility index (Phi) is 6.95. The molecule has 7 heteroatoms. The average molecular weight is 401 g/mol. The zero-order valence-corrected chi connectivity index (χ0v) is 17.0. The first-order chi connectivity index (χ1) is 13.1. The van der Waals surface area contributed by atoms with Crippen LogP contribution in [0.3, 0.4) is 0 Å². The second-order valence-electron chi connectivity index (χ2n) is 7.35. The fraction of sp³-hybridized carbons (Fsp3) is 0.333. The minimum Gasteiger partial charge on any atom is -0.461 e. The molecule has 0 aliphatic rings. The van der Waals surface area contributed by atoms with Gasteiger partial charge in [0.1, 0.15) is 6.61 Å². The van der Waals surface area contributed by atoms with Crippen LogP contribution in [0.2, 0.25) is 0 Å². The summed E-state index contributed by atoms with van der Waals surface area (Å²) in [5.74, 6) is -0.543. The molecule has 0 radical (unpaired) electrons. The van der Waals surface area contributed by atoms with Crippen molar-refractivity contribution in [2.24, 2.45) is 0 Å². The van der Waals surface area contributed by atoms with Gasteiger partial charge in [-0.25, -0.2) is 13.1 Å². The summed E-state index contributed by atoms with van der Waals surface area (Å²) < 4.78 is 32.2. The molecule has 0 aliphatic heterocycles. The van der Waals surface area contributed by atoms with E-state index in [-0.39, 0.29) is 29.9 Å². The third kappa shape index (κ3) is 5.91. The normalized spacial score (nSPS) is 11.6. The van der Waals surface area contributed by atoms with Gasteiger partial charge in [0.05, 0.1) is 22.9 Å². The summed E-state index contributed by atoms with van der Waals surface area (Å²) in [4.78, 5) is 12.0. The molecule has 0 aliphatic carbocycles. The lowest BCUT2D eigenvalue weighted by Gasteiger charge is -2.19. The molecular formula is C21H24N2O4S. The molecule has 2 rings (SSSR count). The number of nitrogens with zero attached hydrogens (tertiary/aromatic N) is 1. The third-order valence-corrected chi connectivity index (χ3v) is 5.66. The van der Waals surface area contributed by atoms with Crippen LogP contribution in [0.25, 0.3) is 0 Å². The molecule has 28 heavy (non-hydrogen) atoms. The van der Waals surface area contributed by atoms with Crippen LogP contribution in [0.1, 0.15) is 43.9 Å². The fourth-order valence-electron chi connectivity index (χ4n) is 2.49. The van der Waals surface area contributed by atoms with Gasteiger partial charge < -0.3 is 4.74 Å². The van der Waals surface area contributed by atoms with E-state index in [1.807, 2.05) is 6.07 Å². The number of sulfonamides is 1. The first-order valence-electron chi connectivity index (χ1n) is 8.87. The molecular weight excluding hydrogens is 376 g/mol. The van der Waals surface area contributed by atoms with Crippen LogP contribution < -0.4 is 4.72 Å². The molecule has 0 heterocycles. The second-order valence-corrected chi connectivity index (χ2v) is 9.12. The number of rotatable bonds is 7. The van der Waals surface area contributed by atoms with E-state index in [4.69, 9.17) is 10.00 Å². The van der Waals surface area contributed by atoms with E-state index in [0.717, 1.165) is 5.56 Å². The lowest BCUT2D eigenvalue weighted by Crippen LogP contribution is -2.27. The van der Waals surface area contributed by atoms with Crippen LogP contribution in [0.4, 0.5) is 0 Å². The van der Waals surface area contributed by atoms with Gasteiger partial charge in [0.15, 0.2) is 0 Å². The average Bonchev–Trinajstić information content (AvgIpc) is 2.66. The molecule has 148 valence electrons. The molecule has 0 atom stereocenters. The van der Waals surface area contributed by atoms with Gasteiger partial charge in [-0.3, -0.25) is 4.79 Å². The number of hydrogen-bond acceptors (Lipinski definition) is 5. The molecule has 0 saturated carbocycles. The molecule has 0 amide bonds. The Balaban J connectivity index is 1.86. The Morgan fingerprint density at radius 1 is 1.11 bits per heavy atom. The van der Waals surface area contributed by atoms with Gasteiger partial charge in [-0.15, -0.1) is 0 Å². The third-order valence-electron chi connectivity index (χ3n) is 4.18. The summed E-state index contributed by atoms with van der Waals surface area (Å²) in [6, 6.07) is 15.5. The number of hydrogen-bond donors (Lipinski definition) is 1. The van der Waals surface area contributed by atoms with Crippen LogP contribution in [0.5, 0.6) is 0 Å². The van der Waals surface area contributed by atoms with Gasteiger partial charge in [0.2, 0.25) is 10.0 Å². The highest BCUT2D eigenvalue weighted by molar-refractivity contribution is 7.89. The summed E-state index contributed by atoms with van der Waals surface area (Å²) in [6.07, 6.45) is -0.103. The summed E-state index contributed by atoms with van der Waals surface area (Å²) in [6.45, 7) is 6.06. The molecule has 0 unspecified atom stereocenters. The van der Waals surface area contributed by atoms with Crippen molar-refractivity contribution in [3.8, 4) is 6.07 Å². The van der Waals surface area contributed by atoms with Crippen LogP contribution >= 0.6 is 0 Å². The van der Waals surface area contributed by atoms with Crippen molar-refractivity contribution in [3.63, 3.8) is 0 Å². The van der Waals surface area contributed by atoms with E-state index < -0.39 is 16.0 Å². The highest BCUT2D eigenvalue weighted by Gasteiger charge is 2.18. The van der Waals surface area contributed by atoms with Crippen molar-refractivity contribution in [2.45, 2.75) is 44.1 Å².